The number of nitrogens with one attached hydrogen (secondary N) is 1. The maximum Gasteiger partial charge on any atom is 0.573 e. The Balaban J connectivity index is 1.66. The highest BCUT2D eigenvalue weighted by Crippen LogP contribution is 2.43. The first kappa shape index (κ1) is 24.3. The van der Waals surface area contributed by atoms with Crippen LogP contribution in [0.5, 0.6) is 5.75 Å². The minimum Gasteiger partial charge on any atom is -0.607 e. The van der Waals surface area contributed by atoms with Gasteiger partial charge in [-0.2, -0.15) is 19.0 Å². The SMILES string of the molecule is O=C(Nc1ccnnc1)N1CCC(C(F)(F)[S+]([O-])c2cc(OC(F)(F)F)ccc2Cl)CC1. The molecule has 2 aromatic rings. The van der Waals surface area contributed by atoms with Gasteiger partial charge in [0.2, 0.25) is 0 Å². The molecule has 1 unspecified atom stereocenters. The number of ether oxygens (including phenoxy) is 1. The average Bonchev–Trinajstić information content (AvgIpc) is 2.74. The van der Waals surface area contributed by atoms with Crippen LogP contribution >= 0.6 is 11.6 Å². The van der Waals surface area contributed by atoms with Gasteiger partial charge in [-0.05, 0) is 31.0 Å². The van der Waals surface area contributed by atoms with E-state index in [0.717, 1.165) is 12.1 Å². The van der Waals surface area contributed by atoms with Crippen molar-refractivity contribution in [3.8, 4) is 5.75 Å². The lowest BCUT2D eigenvalue weighted by molar-refractivity contribution is -0.274. The molecule has 1 fully saturated rings. The molecule has 0 aliphatic carbocycles. The number of carbonyl (C=O) groups excluding carboxylic acids is 1. The lowest BCUT2D eigenvalue weighted by Crippen LogP contribution is -2.47. The van der Waals surface area contributed by atoms with E-state index in [1.807, 2.05) is 0 Å². The van der Waals surface area contributed by atoms with Crippen molar-refractivity contribution in [2.24, 2.45) is 5.92 Å². The number of benzene rings is 1. The van der Waals surface area contributed by atoms with Crippen LogP contribution in [-0.2, 0) is 11.2 Å². The molecule has 0 radical (unpaired) electrons. The zero-order chi connectivity index (χ0) is 23.5. The first-order chi connectivity index (χ1) is 15.0. The highest BCUT2D eigenvalue weighted by Gasteiger charge is 2.54. The smallest absolute Gasteiger partial charge is 0.573 e. The minimum atomic E-state index is -5.05. The van der Waals surface area contributed by atoms with E-state index in [-0.39, 0.29) is 31.0 Å². The molecular weight excluding hydrogens is 483 g/mol. The number of rotatable bonds is 5. The third-order valence-electron chi connectivity index (χ3n) is 4.68. The molecule has 1 atom stereocenters. The maximum absolute atomic E-state index is 15.0. The molecule has 1 N–H and O–H groups in total. The summed E-state index contributed by atoms with van der Waals surface area (Å²) in [6.07, 6.45) is -2.69. The topological polar surface area (TPSA) is 90.4 Å². The van der Waals surface area contributed by atoms with Gasteiger partial charge in [0, 0.05) is 19.2 Å². The van der Waals surface area contributed by atoms with Gasteiger partial charge in [0.1, 0.15) is 5.75 Å². The lowest BCUT2D eigenvalue weighted by Gasteiger charge is -2.35. The molecule has 3 rings (SSSR count). The molecular formula is C18H16ClF5N4O3S. The largest absolute Gasteiger partial charge is 0.607 e. The fraction of sp³-hybridized carbons (Fsp3) is 0.389. The van der Waals surface area contributed by atoms with Gasteiger partial charge in [-0.1, -0.05) is 11.6 Å². The van der Waals surface area contributed by atoms with Gasteiger partial charge in [0.05, 0.1) is 40.2 Å². The number of alkyl halides is 5. The predicted molar refractivity (Wildman–Crippen MR) is 105 cm³/mol. The maximum atomic E-state index is 15.0. The minimum absolute atomic E-state index is 0.0350. The van der Waals surface area contributed by atoms with Crippen molar-refractivity contribution in [3.63, 3.8) is 0 Å². The summed E-state index contributed by atoms with van der Waals surface area (Å²) in [7, 11) is 0. The van der Waals surface area contributed by atoms with Crippen LogP contribution < -0.4 is 10.1 Å². The van der Waals surface area contributed by atoms with Crippen LogP contribution in [-0.4, -0.2) is 50.4 Å². The summed E-state index contributed by atoms with van der Waals surface area (Å²) in [5.74, 6) is -2.18. The molecule has 14 heteroatoms. The van der Waals surface area contributed by atoms with Crippen LogP contribution in [0.25, 0.3) is 0 Å². The number of nitrogens with zero attached hydrogens (tertiary/aromatic N) is 3. The Morgan fingerprint density at radius 1 is 1.19 bits per heavy atom. The summed E-state index contributed by atoms with van der Waals surface area (Å²) in [4.78, 5) is 12.9. The molecule has 32 heavy (non-hydrogen) atoms. The molecule has 2 amide bonds. The van der Waals surface area contributed by atoms with Gasteiger partial charge in [0.25, 0.3) is 0 Å². The van der Waals surface area contributed by atoms with E-state index in [4.69, 9.17) is 11.6 Å². The van der Waals surface area contributed by atoms with Crippen LogP contribution in [0.1, 0.15) is 12.8 Å². The third kappa shape index (κ3) is 5.90. The number of piperidine rings is 1. The molecule has 1 aliphatic rings. The molecule has 174 valence electrons. The Hall–Kier alpha value is -2.38. The fourth-order valence-corrected chi connectivity index (χ4v) is 4.73. The number of hydrogen-bond donors (Lipinski definition) is 1. The molecule has 0 spiro atoms. The van der Waals surface area contributed by atoms with E-state index < -0.39 is 45.4 Å². The number of likely N-dealkylation sites (tertiary alicyclic amines) is 1. The van der Waals surface area contributed by atoms with Crippen molar-refractivity contribution in [1.29, 1.82) is 0 Å². The van der Waals surface area contributed by atoms with E-state index in [0.29, 0.717) is 11.8 Å². The van der Waals surface area contributed by atoms with Crippen LogP contribution in [0.3, 0.4) is 0 Å². The van der Waals surface area contributed by atoms with Gasteiger partial charge in [-0.15, -0.1) is 13.2 Å². The first-order valence-corrected chi connectivity index (χ1v) is 10.7. The summed E-state index contributed by atoms with van der Waals surface area (Å²) in [6.45, 7) is -0.0699. The first-order valence-electron chi connectivity index (χ1n) is 9.15. The number of urea groups is 1. The quantitative estimate of drug-likeness (QED) is 0.478. The molecule has 1 aromatic carbocycles. The van der Waals surface area contributed by atoms with Crippen LogP contribution in [0.4, 0.5) is 32.4 Å². The Labute approximate surface area is 187 Å². The summed E-state index contributed by atoms with van der Waals surface area (Å²) >= 11 is 2.77. The molecule has 1 saturated heterocycles. The Morgan fingerprint density at radius 3 is 2.47 bits per heavy atom. The van der Waals surface area contributed by atoms with Gasteiger partial charge in [-0.25, -0.2) is 4.79 Å². The molecule has 1 aromatic heterocycles. The molecule has 7 nitrogen and oxygen atoms in total. The number of anilines is 1. The third-order valence-corrected chi connectivity index (χ3v) is 6.68. The van der Waals surface area contributed by atoms with Crippen LogP contribution in [0.2, 0.25) is 5.02 Å². The van der Waals surface area contributed by atoms with Crippen molar-refractivity contribution in [1.82, 2.24) is 15.1 Å². The number of aromatic nitrogens is 2. The monoisotopic (exact) mass is 498 g/mol. The van der Waals surface area contributed by atoms with Crippen molar-refractivity contribution in [3.05, 3.63) is 41.7 Å². The predicted octanol–water partition coefficient (Wildman–Crippen LogP) is 4.67. The zero-order valence-electron chi connectivity index (χ0n) is 16.1. The van der Waals surface area contributed by atoms with E-state index >= 15 is 0 Å². The number of hydrogen-bond acceptors (Lipinski definition) is 5. The van der Waals surface area contributed by atoms with Crippen molar-refractivity contribution >= 4 is 34.5 Å². The van der Waals surface area contributed by atoms with Gasteiger partial charge >= 0.3 is 17.6 Å². The van der Waals surface area contributed by atoms with Crippen LogP contribution in [0.15, 0.2) is 41.6 Å². The van der Waals surface area contributed by atoms with Crippen molar-refractivity contribution in [2.75, 3.05) is 18.4 Å². The second kappa shape index (κ2) is 9.63. The van der Waals surface area contributed by atoms with Crippen LogP contribution in [0, 0.1) is 5.92 Å². The standard InChI is InChI=1S/C18H16ClF5N4O3S/c19-14-2-1-13(31-18(22,23)24)9-15(14)32(30)17(20,21)11-4-7-28(8-5-11)16(29)27-12-3-6-25-26-10-12/h1-3,6,9-11H,4-5,7-8H2,(H,25,27,29). The fourth-order valence-electron chi connectivity index (χ4n) is 3.11. The van der Waals surface area contributed by atoms with Crippen molar-refractivity contribution in [2.45, 2.75) is 29.4 Å². The Kier molecular flexibility index (Phi) is 7.30. The van der Waals surface area contributed by atoms with E-state index in [2.05, 4.69) is 20.3 Å². The Bertz CT molecular complexity index is 946. The normalized spacial score (nSPS) is 16.5. The van der Waals surface area contributed by atoms with E-state index in [1.54, 1.807) is 0 Å². The number of halogens is 6. The van der Waals surface area contributed by atoms with E-state index in [9.17, 15) is 31.3 Å². The summed E-state index contributed by atoms with van der Waals surface area (Å²) < 4.78 is 83.5. The molecule has 0 saturated carbocycles. The molecule has 1 aliphatic heterocycles. The summed E-state index contributed by atoms with van der Waals surface area (Å²) in [5, 5.41) is 5.57. The van der Waals surface area contributed by atoms with E-state index in [1.165, 1.54) is 23.4 Å². The van der Waals surface area contributed by atoms with Gasteiger partial charge in [0.15, 0.2) is 4.90 Å². The van der Waals surface area contributed by atoms with Gasteiger partial charge < -0.3 is 19.5 Å². The number of carbonyl (C=O) groups is 1. The highest BCUT2D eigenvalue weighted by molar-refractivity contribution is 7.92. The summed E-state index contributed by atoms with van der Waals surface area (Å²) in [6, 6.07) is 3.33. The summed E-state index contributed by atoms with van der Waals surface area (Å²) in [5.41, 5.74) is 0.383. The van der Waals surface area contributed by atoms with Gasteiger partial charge in [-0.3, -0.25) is 0 Å². The second-order valence-electron chi connectivity index (χ2n) is 6.79. The number of amides is 2. The average molecular weight is 499 g/mol. The Morgan fingerprint density at radius 2 is 1.88 bits per heavy atom. The molecule has 2 heterocycles. The highest BCUT2D eigenvalue weighted by atomic mass is 35.5. The lowest BCUT2D eigenvalue weighted by atomic mass is 9.97. The second-order valence-corrected chi connectivity index (χ2v) is 8.72. The zero-order valence-corrected chi connectivity index (χ0v) is 17.7. The molecule has 0 bridgehead atoms. The van der Waals surface area contributed by atoms with Crippen molar-refractivity contribution < 1.29 is 36.0 Å².